The molecule has 2 amide bonds. The molecule has 1 aromatic heterocycles. The van der Waals surface area contributed by atoms with E-state index >= 15 is 0 Å². The van der Waals surface area contributed by atoms with Gasteiger partial charge in [0, 0.05) is 46.8 Å². The summed E-state index contributed by atoms with van der Waals surface area (Å²) >= 11 is 6.01. The molecular formula is C14H16ClN3O2S. The Hall–Kier alpha value is -1.79. The van der Waals surface area contributed by atoms with Gasteiger partial charge in [0.1, 0.15) is 0 Å². The number of nitrogens with one attached hydrogen (secondary N) is 2. The van der Waals surface area contributed by atoms with Crippen molar-refractivity contribution in [2.75, 3.05) is 23.9 Å². The van der Waals surface area contributed by atoms with Gasteiger partial charge in [-0.05, 0) is 30.3 Å². The molecule has 0 saturated heterocycles. The fraction of sp³-hybridized carbons (Fsp3) is 0.214. The highest BCUT2D eigenvalue weighted by Gasteiger charge is 2.08. The third-order valence-corrected chi connectivity index (χ3v) is 3.78. The number of urea groups is 1. The number of amides is 2. The first-order chi connectivity index (χ1) is 10.1. The summed E-state index contributed by atoms with van der Waals surface area (Å²) in [6, 6.07) is 8.68. The van der Waals surface area contributed by atoms with Gasteiger partial charge >= 0.3 is 6.03 Å². The predicted molar refractivity (Wildman–Crippen MR) is 86.7 cm³/mol. The van der Waals surface area contributed by atoms with Crippen LogP contribution < -0.4 is 10.6 Å². The first-order valence-electron chi connectivity index (χ1n) is 6.34. The molecule has 0 fully saturated rings. The second-order valence-electron chi connectivity index (χ2n) is 4.41. The van der Waals surface area contributed by atoms with Crippen LogP contribution in [0.1, 0.15) is 0 Å². The SMILES string of the molecule is C[S@](=O)CCNC(=O)Nc1ccc(Cl)cc1-n1cccc1. The van der Waals surface area contributed by atoms with Crippen LogP contribution in [0.3, 0.4) is 0 Å². The van der Waals surface area contributed by atoms with Crippen molar-refractivity contribution in [1.82, 2.24) is 9.88 Å². The molecule has 2 rings (SSSR count). The van der Waals surface area contributed by atoms with E-state index in [1.54, 1.807) is 24.5 Å². The normalized spacial score (nSPS) is 11.9. The highest BCUT2D eigenvalue weighted by Crippen LogP contribution is 2.24. The molecule has 0 radical (unpaired) electrons. The summed E-state index contributed by atoms with van der Waals surface area (Å²) in [7, 11) is -0.924. The summed E-state index contributed by atoms with van der Waals surface area (Å²) in [4.78, 5) is 11.8. The predicted octanol–water partition coefficient (Wildman–Crippen LogP) is 2.63. The Morgan fingerprint density at radius 2 is 2.05 bits per heavy atom. The van der Waals surface area contributed by atoms with Crippen LogP contribution in [0.25, 0.3) is 5.69 Å². The largest absolute Gasteiger partial charge is 0.337 e. The lowest BCUT2D eigenvalue weighted by Gasteiger charge is -2.13. The van der Waals surface area contributed by atoms with Gasteiger partial charge in [0.25, 0.3) is 0 Å². The number of rotatable bonds is 5. The van der Waals surface area contributed by atoms with Crippen molar-refractivity contribution in [1.29, 1.82) is 0 Å². The van der Waals surface area contributed by atoms with Crippen LogP contribution in [0.4, 0.5) is 10.5 Å². The lowest BCUT2D eigenvalue weighted by atomic mass is 10.2. The molecule has 21 heavy (non-hydrogen) atoms. The average molecular weight is 326 g/mol. The monoisotopic (exact) mass is 325 g/mol. The minimum atomic E-state index is -0.924. The quantitative estimate of drug-likeness (QED) is 0.887. The second-order valence-corrected chi connectivity index (χ2v) is 6.40. The second kappa shape index (κ2) is 7.28. The fourth-order valence-corrected chi connectivity index (χ4v) is 2.35. The number of hydrogen-bond donors (Lipinski definition) is 2. The van der Waals surface area contributed by atoms with E-state index in [4.69, 9.17) is 11.6 Å². The molecule has 1 heterocycles. The van der Waals surface area contributed by atoms with Gasteiger partial charge in [0.05, 0.1) is 11.4 Å². The molecule has 2 aromatic rings. The van der Waals surface area contributed by atoms with E-state index < -0.39 is 10.8 Å². The number of aromatic nitrogens is 1. The average Bonchev–Trinajstić information content (AvgIpc) is 2.94. The van der Waals surface area contributed by atoms with Crippen molar-refractivity contribution in [2.24, 2.45) is 0 Å². The van der Waals surface area contributed by atoms with Crippen molar-refractivity contribution >= 4 is 34.1 Å². The van der Waals surface area contributed by atoms with E-state index in [0.29, 0.717) is 23.0 Å². The number of benzene rings is 1. The fourth-order valence-electron chi connectivity index (χ4n) is 1.79. The number of halogens is 1. The lowest BCUT2D eigenvalue weighted by molar-refractivity contribution is 0.252. The van der Waals surface area contributed by atoms with Crippen LogP contribution in [0.2, 0.25) is 5.02 Å². The summed E-state index contributed by atoms with van der Waals surface area (Å²) in [5.74, 6) is 0.429. The van der Waals surface area contributed by atoms with Crippen molar-refractivity contribution in [3.63, 3.8) is 0 Å². The third kappa shape index (κ3) is 4.61. The molecule has 2 N–H and O–H groups in total. The first-order valence-corrected chi connectivity index (χ1v) is 8.44. The van der Waals surface area contributed by atoms with Gasteiger partial charge in [-0.1, -0.05) is 11.6 Å². The molecule has 5 nitrogen and oxygen atoms in total. The summed E-state index contributed by atoms with van der Waals surface area (Å²) in [5.41, 5.74) is 1.42. The zero-order chi connectivity index (χ0) is 15.2. The minimum Gasteiger partial charge on any atom is -0.337 e. The van der Waals surface area contributed by atoms with Gasteiger partial charge in [0.2, 0.25) is 0 Å². The molecule has 7 heteroatoms. The highest BCUT2D eigenvalue weighted by molar-refractivity contribution is 7.84. The number of carbonyl (C=O) groups is 1. The van der Waals surface area contributed by atoms with Crippen LogP contribution in [0.5, 0.6) is 0 Å². The minimum absolute atomic E-state index is 0.337. The molecule has 0 saturated carbocycles. The van der Waals surface area contributed by atoms with Gasteiger partial charge in [-0.3, -0.25) is 4.21 Å². The van der Waals surface area contributed by atoms with Gasteiger partial charge < -0.3 is 15.2 Å². The highest BCUT2D eigenvalue weighted by atomic mass is 35.5. The van der Waals surface area contributed by atoms with Crippen molar-refractivity contribution in [3.8, 4) is 5.69 Å². The molecule has 1 aromatic carbocycles. The van der Waals surface area contributed by atoms with Crippen LogP contribution in [0.15, 0.2) is 42.7 Å². The van der Waals surface area contributed by atoms with E-state index in [9.17, 15) is 9.00 Å². The summed E-state index contributed by atoms with van der Waals surface area (Å²) < 4.78 is 12.8. The smallest absolute Gasteiger partial charge is 0.319 e. The molecule has 0 bridgehead atoms. The Labute approximate surface area is 130 Å². The van der Waals surface area contributed by atoms with Crippen molar-refractivity contribution < 1.29 is 9.00 Å². The summed E-state index contributed by atoms with van der Waals surface area (Å²) in [6.45, 7) is 0.362. The van der Waals surface area contributed by atoms with E-state index in [0.717, 1.165) is 5.69 Å². The van der Waals surface area contributed by atoms with Crippen LogP contribution in [0, 0.1) is 0 Å². The number of anilines is 1. The van der Waals surface area contributed by atoms with Gasteiger partial charge in [-0.15, -0.1) is 0 Å². The Morgan fingerprint density at radius 1 is 1.33 bits per heavy atom. The molecule has 0 unspecified atom stereocenters. The Morgan fingerprint density at radius 3 is 2.71 bits per heavy atom. The van der Waals surface area contributed by atoms with E-state index in [1.165, 1.54) is 0 Å². The molecule has 1 atom stereocenters. The molecule has 0 aliphatic heterocycles. The maximum Gasteiger partial charge on any atom is 0.319 e. The van der Waals surface area contributed by atoms with Crippen LogP contribution in [-0.2, 0) is 10.8 Å². The summed E-state index contributed by atoms with van der Waals surface area (Å²) in [5, 5.41) is 6.02. The molecule has 0 spiro atoms. The molecular weight excluding hydrogens is 310 g/mol. The topological polar surface area (TPSA) is 63.1 Å². The number of nitrogens with zero attached hydrogens (tertiary/aromatic N) is 1. The van der Waals surface area contributed by atoms with E-state index in [2.05, 4.69) is 10.6 Å². The zero-order valence-corrected chi connectivity index (χ0v) is 13.1. The van der Waals surface area contributed by atoms with Crippen molar-refractivity contribution in [3.05, 3.63) is 47.7 Å². The third-order valence-electron chi connectivity index (χ3n) is 2.77. The zero-order valence-electron chi connectivity index (χ0n) is 11.5. The van der Waals surface area contributed by atoms with E-state index in [1.807, 2.05) is 29.1 Å². The van der Waals surface area contributed by atoms with Gasteiger partial charge in [-0.25, -0.2) is 4.79 Å². The Kier molecular flexibility index (Phi) is 5.41. The maximum absolute atomic E-state index is 11.8. The number of hydrogen-bond acceptors (Lipinski definition) is 2. The van der Waals surface area contributed by atoms with E-state index in [-0.39, 0.29) is 6.03 Å². The Balaban J connectivity index is 2.09. The lowest BCUT2D eigenvalue weighted by Crippen LogP contribution is -2.32. The number of carbonyl (C=O) groups excluding carboxylic acids is 1. The van der Waals surface area contributed by atoms with Crippen molar-refractivity contribution in [2.45, 2.75) is 0 Å². The standard InChI is InChI=1S/C14H16ClN3O2S/c1-21(20)9-6-16-14(19)17-12-5-4-11(15)10-13(12)18-7-2-3-8-18/h2-5,7-8,10H,6,9H2,1H3,(H2,16,17,19)/t21-/m0/s1. The summed E-state index contributed by atoms with van der Waals surface area (Å²) in [6.07, 6.45) is 5.34. The van der Waals surface area contributed by atoms with Crippen LogP contribution in [-0.4, -0.2) is 33.4 Å². The van der Waals surface area contributed by atoms with Gasteiger partial charge in [-0.2, -0.15) is 0 Å². The molecule has 0 aliphatic carbocycles. The maximum atomic E-state index is 11.8. The van der Waals surface area contributed by atoms with Crippen LogP contribution >= 0.6 is 11.6 Å². The Bertz CT molecular complexity index is 644. The first kappa shape index (κ1) is 15.6. The molecule has 112 valence electrons. The van der Waals surface area contributed by atoms with Gasteiger partial charge in [0.15, 0.2) is 0 Å². The molecule has 0 aliphatic rings.